The smallest absolute Gasteiger partial charge is 0.407 e. The molecule has 4 aromatic rings. The monoisotopic (exact) mass is 464 g/mol. The third kappa shape index (κ3) is 6.36. The van der Waals surface area contributed by atoms with Crippen molar-refractivity contribution in [3.63, 3.8) is 0 Å². The zero-order valence-electron chi connectivity index (χ0n) is 19.7. The summed E-state index contributed by atoms with van der Waals surface area (Å²) < 4.78 is 5.33. The molecule has 4 aromatic carbocycles. The Morgan fingerprint density at radius 3 is 2.00 bits per heavy atom. The van der Waals surface area contributed by atoms with Gasteiger partial charge in [0.25, 0.3) is 5.91 Å². The molecule has 0 fully saturated rings. The summed E-state index contributed by atoms with van der Waals surface area (Å²) >= 11 is 0. The van der Waals surface area contributed by atoms with Gasteiger partial charge in [-0.25, -0.2) is 4.79 Å². The van der Waals surface area contributed by atoms with Gasteiger partial charge in [0.15, 0.2) is 0 Å². The SMILES string of the molecule is CN(Cc1ccccc1)C(=O)c1ccccc1-c1ccccc1CNC(=O)OCc1ccccc1. The van der Waals surface area contributed by atoms with E-state index in [1.165, 1.54) is 0 Å². The van der Waals surface area contributed by atoms with Gasteiger partial charge in [0.2, 0.25) is 0 Å². The molecule has 5 heteroatoms. The second-order valence-electron chi connectivity index (χ2n) is 8.26. The van der Waals surface area contributed by atoms with E-state index in [9.17, 15) is 9.59 Å². The molecular weight excluding hydrogens is 436 g/mol. The molecule has 176 valence electrons. The van der Waals surface area contributed by atoms with Crippen molar-refractivity contribution in [1.82, 2.24) is 10.2 Å². The minimum atomic E-state index is -0.490. The topological polar surface area (TPSA) is 58.6 Å². The normalized spacial score (nSPS) is 10.4. The van der Waals surface area contributed by atoms with Crippen LogP contribution in [0.3, 0.4) is 0 Å². The molecule has 0 bridgehead atoms. The maximum absolute atomic E-state index is 13.4. The van der Waals surface area contributed by atoms with E-state index in [1.54, 1.807) is 4.90 Å². The first-order chi connectivity index (χ1) is 17.1. The second-order valence-corrected chi connectivity index (χ2v) is 8.26. The Balaban J connectivity index is 1.48. The standard InChI is InChI=1S/C30H28N2O3/c1-32(21-23-12-4-2-5-13-23)29(33)28-19-11-10-18-27(28)26-17-9-8-16-25(26)20-31-30(34)35-22-24-14-6-3-7-15-24/h2-19H,20-22H2,1H3,(H,31,34). The number of carbonyl (C=O) groups is 2. The Bertz CT molecular complexity index is 1270. The molecule has 0 heterocycles. The Labute approximate surface area is 206 Å². The number of rotatable bonds is 8. The van der Waals surface area contributed by atoms with Gasteiger partial charge >= 0.3 is 6.09 Å². The van der Waals surface area contributed by atoms with Gasteiger partial charge in [-0.3, -0.25) is 4.79 Å². The molecule has 0 unspecified atom stereocenters. The van der Waals surface area contributed by atoms with Gasteiger partial charge in [-0.1, -0.05) is 103 Å². The molecule has 2 amide bonds. The highest BCUT2D eigenvalue weighted by Gasteiger charge is 2.18. The average Bonchev–Trinajstić information content (AvgIpc) is 2.91. The lowest BCUT2D eigenvalue weighted by molar-refractivity contribution is 0.0785. The van der Waals surface area contributed by atoms with E-state index in [2.05, 4.69) is 5.32 Å². The third-order valence-corrected chi connectivity index (χ3v) is 5.71. The van der Waals surface area contributed by atoms with Crippen molar-refractivity contribution in [2.45, 2.75) is 19.7 Å². The Hall–Kier alpha value is -4.38. The van der Waals surface area contributed by atoms with Crippen molar-refractivity contribution in [1.29, 1.82) is 0 Å². The van der Waals surface area contributed by atoms with E-state index >= 15 is 0 Å². The fourth-order valence-corrected chi connectivity index (χ4v) is 3.92. The summed E-state index contributed by atoms with van der Waals surface area (Å²) in [5.74, 6) is -0.0607. The molecule has 0 aromatic heterocycles. The maximum Gasteiger partial charge on any atom is 0.407 e. The molecule has 0 saturated carbocycles. The number of alkyl carbamates (subject to hydrolysis) is 1. The maximum atomic E-state index is 13.4. The number of nitrogens with zero attached hydrogens (tertiary/aromatic N) is 1. The van der Waals surface area contributed by atoms with Crippen molar-refractivity contribution in [2.75, 3.05) is 7.05 Å². The van der Waals surface area contributed by atoms with Crippen LogP contribution in [-0.4, -0.2) is 23.9 Å². The largest absolute Gasteiger partial charge is 0.445 e. The zero-order chi connectivity index (χ0) is 24.5. The van der Waals surface area contributed by atoms with Gasteiger partial charge < -0.3 is 15.0 Å². The van der Waals surface area contributed by atoms with E-state index in [4.69, 9.17) is 4.74 Å². The fraction of sp³-hybridized carbons (Fsp3) is 0.133. The highest BCUT2D eigenvalue weighted by atomic mass is 16.5. The molecule has 4 rings (SSSR count). The van der Waals surface area contributed by atoms with Crippen LogP contribution in [0.5, 0.6) is 0 Å². The van der Waals surface area contributed by atoms with Crippen LogP contribution < -0.4 is 5.32 Å². The summed E-state index contributed by atoms with van der Waals surface area (Å²) in [5.41, 5.74) is 5.23. The Morgan fingerprint density at radius 1 is 0.714 bits per heavy atom. The van der Waals surface area contributed by atoms with Crippen LogP contribution >= 0.6 is 0 Å². The fourth-order valence-electron chi connectivity index (χ4n) is 3.92. The van der Waals surface area contributed by atoms with Crippen LogP contribution in [-0.2, 0) is 24.4 Å². The van der Waals surface area contributed by atoms with Crippen LogP contribution in [0.2, 0.25) is 0 Å². The molecule has 0 aliphatic rings. The van der Waals surface area contributed by atoms with E-state index in [1.807, 2.05) is 116 Å². The number of hydrogen-bond acceptors (Lipinski definition) is 3. The van der Waals surface area contributed by atoms with Crippen LogP contribution in [0.1, 0.15) is 27.0 Å². The van der Waals surface area contributed by atoms with Crippen molar-refractivity contribution in [3.8, 4) is 11.1 Å². The quantitative estimate of drug-likeness (QED) is 0.345. The van der Waals surface area contributed by atoms with E-state index in [0.717, 1.165) is 27.8 Å². The summed E-state index contributed by atoms with van der Waals surface area (Å²) in [6.45, 7) is 1.01. The number of hydrogen-bond donors (Lipinski definition) is 1. The molecule has 0 aliphatic heterocycles. The second kappa shape index (κ2) is 11.7. The van der Waals surface area contributed by atoms with Gasteiger partial charge in [-0.05, 0) is 33.9 Å². The minimum absolute atomic E-state index is 0.0607. The Kier molecular flexibility index (Phi) is 7.92. The first-order valence-corrected chi connectivity index (χ1v) is 11.5. The van der Waals surface area contributed by atoms with Crippen LogP contribution in [0.4, 0.5) is 4.79 Å². The van der Waals surface area contributed by atoms with Gasteiger partial charge in [-0.2, -0.15) is 0 Å². The molecule has 0 spiro atoms. The molecular formula is C30H28N2O3. The minimum Gasteiger partial charge on any atom is -0.445 e. The lowest BCUT2D eigenvalue weighted by Crippen LogP contribution is -2.27. The lowest BCUT2D eigenvalue weighted by atomic mass is 9.94. The predicted octanol–water partition coefficient (Wildman–Crippen LogP) is 6.05. The summed E-state index contributed by atoms with van der Waals surface area (Å²) in [6.07, 6.45) is -0.490. The highest BCUT2D eigenvalue weighted by Crippen LogP contribution is 2.28. The number of amides is 2. The van der Waals surface area contributed by atoms with Crippen molar-refractivity contribution in [3.05, 3.63) is 131 Å². The summed E-state index contributed by atoms with van der Waals surface area (Å²) in [6, 6.07) is 34.8. The van der Waals surface area contributed by atoms with Crippen LogP contribution in [0, 0.1) is 0 Å². The highest BCUT2D eigenvalue weighted by molar-refractivity contribution is 6.01. The number of carbonyl (C=O) groups excluding carboxylic acids is 2. The van der Waals surface area contributed by atoms with Crippen LogP contribution in [0.15, 0.2) is 109 Å². The van der Waals surface area contributed by atoms with Crippen LogP contribution in [0.25, 0.3) is 11.1 Å². The molecule has 0 aliphatic carbocycles. The zero-order valence-corrected chi connectivity index (χ0v) is 19.7. The number of nitrogens with one attached hydrogen (secondary N) is 1. The number of benzene rings is 4. The first-order valence-electron chi connectivity index (χ1n) is 11.5. The van der Waals surface area contributed by atoms with Gasteiger partial charge in [0.05, 0.1) is 0 Å². The van der Waals surface area contributed by atoms with E-state index in [-0.39, 0.29) is 19.1 Å². The summed E-state index contributed by atoms with van der Waals surface area (Å²) in [5, 5.41) is 2.83. The third-order valence-electron chi connectivity index (χ3n) is 5.71. The van der Waals surface area contributed by atoms with E-state index < -0.39 is 6.09 Å². The van der Waals surface area contributed by atoms with Gasteiger partial charge in [0.1, 0.15) is 6.61 Å². The van der Waals surface area contributed by atoms with Gasteiger partial charge in [0, 0.05) is 25.7 Å². The predicted molar refractivity (Wildman–Crippen MR) is 138 cm³/mol. The molecule has 1 N–H and O–H groups in total. The van der Waals surface area contributed by atoms with Gasteiger partial charge in [-0.15, -0.1) is 0 Å². The lowest BCUT2D eigenvalue weighted by Gasteiger charge is -2.20. The summed E-state index contributed by atoms with van der Waals surface area (Å²) in [4.78, 5) is 27.4. The van der Waals surface area contributed by atoms with Crippen molar-refractivity contribution < 1.29 is 14.3 Å². The average molecular weight is 465 g/mol. The first kappa shape index (κ1) is 23.8. The number of ether oxygens (including phenoxy) is 1. The molecule has 0 atom stereocenters. The Morgan fingerprint density at radius 2 is 1.29 bits per heavy atom. The molecule has 5 nitrogen and oxygen atoms in total. The molecule has 35 heavy (non-hydrogen) atoms. The molecule has 0 radical (unpaired) electrons. The van der Waals surface area contributed by atoms with E-state index in [0.29, 0.717) is 12.1 Å². The summed E-state index contributed by atoms with van der Waals surface area (Å²) in [7, 11) is 1.81. The van der Waals surface area contributed by atoms with Crippen molar-refractivity contribution in [2.24, 2.45) is 0 Å². The molecule has 0 saturated heterocycles. The van der Waals surface area contributed by atoms with Crippen molar-refractivity contribution >= 4 is 12.0 Å².